The van der Waals surface area contributed by atoms with Crippen LogP contribution >= 0.6 is 0 Å². The standard InChI is InChI=1S/C12H10F2N6/c1-2-20-12-10(18-19-20)11(15-6-16-12)17-7-3-4-8(13)9(14)5-7/h3-6H,2H2,1H3,(H,15,16,17). The molecule has 1 aromatic carbocycles. The normalized spacial score (nSPS) is 10.9. The van der Waals surface area contributed by atoms with Crippen molar-refractivity contribution >= 4 is 22.7 Å². The van der Waals surface area contributed by atoms with Crippen molar-refractivity contribution < 1.29 is 8.78 Å². The Balaban J connectivity index is 2.02. The lowest BCUT2D eigenvalue weighted by atomic mass is 10.3. The molecule has 0 unspecified atom stereocenters. The average molecular weight is 276 g/mol. The fraction of sp³-hybridized carbons (Fsp3) is 0.167. The highest BCUT2D eigenvalue weighted by Crippen LogP contribution is 2.22. The SMILES string of the molecule is CCn1nnc2c(Nc3ccc(F)c(F)c3)ncnc21. The van der Waals surface area contributed by atoms with Gasteiger partial charge in [0.05, 0.1) is 0 Å². The van der Waals surface area contributed by atoms with Gasteiger partial charge in [-0.05, 0) is 19.1 Å². The minimum Gasteiger partial charge on any atom is -0.338 e. The van der Waals surface area contributed by atoms with E-state index in [0.717, 1.165) is 12.1 Å². The summed E-state index contributed by atoms with van der Waals surface area (Å²) in [7, 11) is 0. The summed E-state index contributed by atoms with van der Waals surface area (Å²) in [5.41, 5.74) is 1.42. The van der Waals surface area contributed by atoms with Gasteiger partial charge in [-0.1, -0.05) is 5.21 Å². The molecule has 0 aliphatic carbocycles. The molecule has 0 amide bonds. The Kier molecular flexibility index (Phi) is 2.97. The molecule has 3 rings (SSSR count). The molecule has 0 saturated carbocycles. The van der Waals surface area contributed by atoms with Crippen LogP contribution in [0.15, 0.2) is 24.5 Å². The van der Waals surface area contributed by atoms with Crippen molar-refractivity contribution in [3.63, 3.8) is 0 Å². The summed E-state index contributed by atoms with van der Waals surface area (Å²) in [5.74, 6) is -1.45. The highest BCUT2D eigenvalue weighted by Gasteiger charge is 2.11. The van der Waals surface area contributed by atoms with Crippen LogP contribution in [-0.4, -0.2) is 25.0 Å². The number of fused-ring (bicyclic) bond motifs is 1. The number of hydrogen-bond acceptors (Lipinski definition) is 5. The Morgan fingerprint density at radius 2 is 2.05 bits per heavy atom. The van der Waals surface area contributed by atoms with E-state index in [4.69, 9.17) is 0 Å². The van der Waals surface area contributed by atoms with Crippen LogP contribution in [0.5, 0.6) is 0 Å². The summed E-state index contributed by atoms with van der Waals surface area (Å²) in [6.07, 6.45) is 1.36. The number of hydrogen-bond donors (Lipinski definition) is 1. The lowest BCUT2D eigenvalue weighted by Crippen LogP contribution is -2.00. The van der Waals surface area contributed by atoms with E-state index in [0.29, 0.717) is 29.2 Å². The Morgan fingerprint density at radius 3 is 2.80 bits per heavy atom. The van der Waals surface area contributed by atoms with Crippen LogP contribution in [0.2, 0.25) is 0 Å². The zero-order valence-corrected chi connectivity index (χ0v) is 10.5. The third kappa shape index (κ3) is 2.04. The van der Waals surface area contributed by atoms with Gasteiger partial charge in [0.25, 0.3) is 0 Å². The van der Waals surface area contributed by atoms with Crippen LogP contribution in [0.3, 0.4) is 0 Å². The first-order chi connectivity index (χ1) is 9.69. The van der Waals surface area contributed by atoms with Crippen molar-refractivity contribution in [3.8, 4) is 0 Å². The molecule has 0 atom stereocenters. The van der Waals surface area contributed by atoms with Crippen LogP contribution in [0.1, 0.15) is 6.92 Å². The lowest BCUT2D eigenvalue weighted by molar-refractivity contribution is 0.509. The van der Waals surface area contributed by atoms with Crippen molar-refractivity contribution in [1.29, 1.82) is 0 Å². The van der Waals surface area contributed by atoms with E-state index in [1.54, 1.807) is 4.68 Å². The molecule has 3 aromatic rings. The second-order valence-corrected chi connectivity index (χ2v) is 4.05. The largest absolute Gasteiger partial charge is 0.338 e. The molecule has 0 radical (unpaired) electrons. The van der Waals surface area contributed by atoms with Crippen LogP contribution in [0, 0.1) is 11.6 Å². The van der Waals surface area contributed by atoms with Gasteiger partial charge in [0.1, 0.15) is 6.33 Å². The number of anilines is 2. The molecule has 102 valence electrons. The Labute approximate surface area is 112 Å². The average Bonchev–Trinajstić information content (AvgIpc) is 2.87. The van der Waals surface area contributed by atoms with Crippen molar-refractivity contribution in [2.45, 2.75) is 13.5 Å². The van der Waals surface area contributed by atoms with Crippen LogP contribution in [-0.2, 0) is 6.54 Å². The van der Waals surface area contributed by atoms with E-state index in [1.165, 1.54) is 12.4 Å². The summed E-state index contributed by atoms with van der Waals surface area (Å²) in [5, 5.41) is 10.8. The zero-order valence-electron chi connectivity index (χ0n) is 10.5. The fourth-order valence-corrected chi connectivity index (χ4v) is 1.81. The molecule has 0 spiro atoms. The zero-order chi connectivity index (χ0) is 14.1. The molecule has 2 heterocycles. The number of nitrogens with zero attached hydrogens (tertiary/aromatic N) is 5. The van der Waals surface area contributed by atoms with E-state index in [-0.39, 0.29) is 0 Å². The summed E-state index contributed by atoms with van der Waals surface area (Å²) in [6, 6.07) is 3.50. The topological polar surface area (TPSA) is 68.5 Å². The van der Waals surface area contributed by atoms with Crippen molar-refractivity contribution in [1.82, 2.24) is 25.0 Å². The van der Waals surface area contributed by atoms with Crippen molar-refractivity contribution in [2.75, 3.05) is 5.32 Å². The molecule has 1 N–H and O–H groups in total. The second kappa shape index (κ2) is 4.80. The van der Waals surface area contributed by atoms with Gasteiger partial charge in [-0.3, -0.25) is 0 Å². The van der Waals surface area contributed by atoms with Gasteiger partial charge in [0, 0.05) is 18.3 Å². The first kappa shape index (κ1) is 12.4. The van der Waals surface area contributed by atoms with Gasteiger partial charge < -0.3 is 5.32 Å². The summed E-state index contributed by atoms with van der Waals surface area (Å²) >= 11 is 0. The third-order valence-corrected chi connectivity index (χ3v) is 2.78. The van der Waals surface area contributed by atoms with E-state index < -0.39 is 11.6 Å². The Morgan fingerprint density at radius 1 is 1.20 bits per heavy atom. The monoisotopic (exact) mass is 276 g/mol. The van der Waals surface area contributed by atoms with Gasteiger partial charge in [0.2, 0.25) is 0 Å². The smallest absolute Gasteiger partial charge is 0.183 e. The minimum atomic E-state index is -0.933. The number of halogens is 2. The van der Waals surface area contributed by atoms with Gasteiger partial charge in [-0.25, -0.2) is 23.4 Å². The van der Waals surface area contributed by atoms with Gasteiger partial charge >= 0.3 is 0 Å². The molecular weight excluding hydrogens is 266 g/mol. The molecule has 2 aromatic heterocycles. The van der Waals surface area contributed by atoms with Crippen molar-refractivity contribution in [2.24, 2.45) is 0 Å². The molecule has 8 heteroatoms. The maximum atomic E-state index is 13.2. The maximum absolute atomic E-state index is 13.2. The number of aromatic nitrogens is 5. The van der Waals surface area contributed by atoms with E-state index in [9.17, 15) is 8.78 Å². The first-order valence-electron chi connectivity index (χ1n) is 5.95. The third-order valence-electron chi connectivity index (χ3n) is 2.78. The summed E-state index contributed by atoms with van der Waals surface area (Å²) in [6.45, 7) is 2.54. The summed E-state index contributed by atoms with van der Waals surface area (Å²) in [4.78, 5) is 8.15. The van der Waals surface area contributed by atoms with E-state index >= 15 is 0 Å². The number of aryl methyl sites for hydroxylation is 1. The number of rotatable bonds is 3. The van der Waals surface area contributed by atoms with Gasteiger partial charge in [-0.15, -0.1) is 5.10 Å². The summed E-state index contributed by atoms with van der Waals surface area (Å²) < 4.78 is 27.7. The molecule has 6 nitrogen and oxygen atoms in total. The van der Waals surface area contributed by atoms with E-state index in [2.05, 4.69) is 25.6 Å². The number of benzene rings is 1. The Bertz CT molecular complexity index is 770. The molecule has 20 heavy (non-hydrogen) atoms. The minimum absolute atomic E-state index is 0.370. The maximum Gasteiger partial charge on any atom is 0.183 e. The molecule has 0 bridgehead atoms. The first-order valence-corrected chi connectivity index (χ1v) is 5.95. The molecular formula is C12H10F2N6. The number of nitrogens with one attached hydrogen (secondary N) is 1. The predicted molar refractivity (Wildman–Crippen MR) is 68.4 cm³/mol. The predicted octanol–water partition coefficient (Wildman–Crippen LogP) is 2.26. The molecule has 0 aliphatic rings. The Hall–Kier alpha value is -2.64. The molecule has 0 saturated heterocycles. The van der Waals surface area contributed by atoms with Gasteiger partial charge in [-0.2, -0.15) is 0 Å². The second-order valence-electron chi connectivity index (χ2n) is 4.05. The highest BCUT2D eigenvalue weighted by molar-refractivity contribution is 5.84. The highest BCUT2D eigenvalue weighted by atomic mass is 19.2. The van der Waals surface area contributed by atoms with Crippen molar-refractivity contribution in [3.05, 3.63) is 36.2 Å². The van der Waals surface area contributed by atoms with Crippen LogP contribution < -0.4 is 5.32 Å². The van der Waals surface area contributed by atoms with Crippen LogP contribution in [0.4, 0.5) is 20.3 Å². The van der Waals surface area contributed by atoms with E-state index in [1.807, 2.05) is 6.92 Å². The molecule has 0 fully saturated rings. The van der Waals surface area contributed by atoms with Crippen LogP contribution in [0.25, 0.3) is 11.2 Å². The quantitative estimate of drug-likeness (QED) is 0.794. The molecule has 0 aliphatic heterocycles. The van der Waals surface area contributed by atoms with Gasteiger partial charge in [0.15, 0.2) is 28.6 Å². The lowest BCUT2D eigenvalue weighted by Gasteiger charge is -2.05. The fourth-order valence-electron chi connectivity index (χ4n) is 1.81.